The summed E-state index contributed by atoms with van der Waals surface area (Å²) in [6.07, 6.45) is 0. The van der Waals surface area contributed by atoms with E-state index in [4.69, 9.17) is 0 Å². The lowest BCUT2D eigenvalue weighted by atomic mass is 9.52. The van der Waals surface area contributed by atoms with Gasteiger partial charge in [0.25, 0.3) is 0 Å². The van der Waals surface area contributed by atoms with Crippen molar-refractivity contribution < 1.29 is 0 Å². The Kier molecular flexibility index (Phi) is 7.55. The zero-order valence-corrected chi connectivity index (χ0v) is 40.6. The molecular formula is C53H72N6. The molecule has 0 atom stereocenters. The van der Waals surface area contributed by atoms with Crippen LogP contribution in [0.2, 0.25) is 0 Å². The Labute approximate surface area is 359 Å². The topological polar surface area (TPSA) is 19.4 Å². The van der Waals surface area contributed by atoms with E-state index >= 15 is 0 Å². The second kappa shape index (κ2) is 10.9. The molecule has 6 nitrogen and oxygen atoms in total. The van der Waals surface area contributed by atoms with Crippen LogP contribution in [-0.4, -0.2) is 33.2 Å². The Morgan fingerprint density at radius 1 is 0.288 bits per heavy atom. The molecule has 6 heteroatoms. The van der Waals surface area contributed by atoms with Gasteiger partial charge >= 0.3 is 0 Å². The zero-order valence-electron chi connectivity index (χ0n) is 40.6. The maximum atomic E-state index is 3.90. The summed E-state index contributed by atoms with van der Waals surface area (Å²) in [5.41, 5.74) is 14.1. The lowest BCUT2D eigenvalue weighted by Crippen LogP contribution is -2.51. The Balaban J connectivity index is 1.44. The molecule has 6 radical (unpaired) electrons. The predicted molar refractivity (Wildman–Crippen MR) is 250 cm³/mol. The molecule has 59 heavy (non-hydrogen) atoms. The number of rotatable bonds is 0. The molecule has 3 aliphatic carbocycles. The lowest BCUT2D eigenvalue weighted by Gasteiger charge is -2.49. The predicted octanol–water partition coefficient (Wildman–Crippen LogP) is 12.6. The van der Waals surface area contributed by atoms with E-state index in [1.807, 2.05) is 0 Å². The van der Waals surface area contributed by atoms with Gasteiger partial charge in [0, 0.05) is 54.9 Å². The van der Waals surface area contributed by atoms with Gasteiger partial charge in [-0.1, -0.05) is 27.7 Å². The maximum Gasteiger partial charge on any atom is 0.209 e. The minimum absolute atomic E-state index is 0.153. The average molecular weight is 793 g/mol. The van der Waals surface area contributed by atoms with Crippen LogP contribution in [0.4, 0.5) is 34.1 Å². The van der Waals surface area contributed by atoms with E-state index in [2.05, 4.69) is 238 Å². The summed E-state index contributed by atoms with van der Waals surface area (Å²) >= 11 is 0. The quantitative estimate of drug-likeness (QED) is 0.224. The molecule has 0 unspecified atom stereocenters. The van der Waals surface area contributed by atoms with Crippen molar-refractivity contribution in [3.63, 3.8) is 0 Å². The molecule has 0 saturated carbocycles. The van der Waals surface area contributed by atoms with Crippen molar-refractivity contribution in [2.24, 2.45) is 5.41 Å². The molecule has 314 valence electrons. The molecule has 0 spiro atoms. The van der Waals surface area contributed by atoms with E-state index in [9.17, 15) is 0 Å². The van der Waals surface area contributed by atoms with Gasteiger partial charge in [0.1, 0.15) is 0 Å². The SMILES string of the molecule is CC(C)(C)N1[C]N(C(C)(C)C)c2cc3c(cc21)C1(C)c2cc4c(cc2C2(C)c5cc6c(cc5C3(C)C12C)N(C(C)(C)C)[C]N6C(C)(C)C)N(C(C)(C)C)[C]N4C(C)(C)C. The van der Waals surface area contributed by atoms with Crippen LogP contribution >= 0.6 is 0 Å². The van der Waals surface area contributed by atoms with Gasteiger partial charge < -0.3 is 29.4 Å². The summed E-state index contributed by atoms with van der Waals surface area (Å²) in [6, 6.07) is 15.6. The molecule has 0 saturated heterocycles. The molecule has 0 fully saturated rings. The van der Waals surface area contributed by atoms with Gasteiger partial charge in [-0.25, -0.2) is 0 Å². The molecule has 3 heterocycles. The van der Waals surface area contributed by atoms with Gasteiger partial charge in [-0.15, -0.1) is 0 Å². The molecule has 6 aliphatic rings. The van der Waals surface area contributed by atoms with Crippen molar-refractivity contribution in [2.45, 2.75) is 202 Å². The van der Waals surface area contributed by atoms with Crippen molar-refractivity contribution in [2.75, 3.05) is 29.4 Å². The molecule has 0 N–H and O–H groups in total. The Hall–Kier alpha value is -3.54. The normalized spacial score (nSPS) is 28.4. The van der Waals surface area contributed by atoms with Crippen LogP contribution in [0.15, 0.2) is 36.4 Å². The van der Waals surface area contributed by atoms with Crippen LogP contribution in [0.3, 0.4) is 0 Å². The van der Waals surface area contributed by atoms with Crippen LogP contribution in [0.5, 0.6) is 0 Å². The molecule has 0 amide bonds. The number of fused-ring (bicyclic) bond motifs is 12. The molecule has 9 rings (SSSR count). The first-order valence-electron chi connectivity index (χ1n) is 22.2. The van der Waals surface area contributed by atoms with Crippen molar-refractivity contribution in [3.05, 3.63) is 89.8 Å². The van der Waals surface area contributed by atoms with Crippen molar-refractivity contribution in [1.82, 2.24) is 0 Å². The third kappa shape index (κ3) is 4.65. The summed E-state index contributed by atoms with van der Waals surface area (Å²) in [7, 11) is 0. The molecular weight excluding hydrogens is 721 g/mol. The van der Waals surface area contributed by atoms with Crippen LogP contribution in [-0.2, 0) is 16.2 Å². The van der Waals surface area contributed by atoms with Crippen LogP contribution in [0.25, 0.3) is 0 Å². The first-order chi connectivity index (χ1) is 26.6. The first-order valence-corrected chi connectivity index (χ1v) is 22.2. The summed E-state index contributed by atoms with van der Waals surface area (Å²) < 4.78 is 0. The van der Waals surface area contributed by atoms with Gasteiger partial charge in [-0.2, -0.15) is 0 Å². The first kappa shape index (κ1) is 40.8. The number of hydrogen-bond acceptors (Lipinski definition) is 6. The minimum Gasteiger partial charge on any atom is -0.335 e. The summed E-state index contributed by atoms with van der Waals surface area (Å²) in [5.74, 6) is 0. The Morgan fingerprint density at radius 3 is 0.542 bits per heavy atom. The van der Waals surface area contributed by atoms with E-state index < -0.39 is 0 Å². The Morgan fingerprint density at radius 2 is 0.424 bits per heavy atom. The second-order valence-corrected chi connectivity index (χ2v) is 25.5. The highest BCUT2D eigenvalue weighted by Crippen LogP contribution is 2.84. The average Bonchev–Trinajstić information content (AvgIpc) is 3.85. The standard InChI is InChI=1S/C53H72N6/c1-44(2,3)54-29-55(45(4,5)6)39-24-33-32(23-38(39)54)50(19)34-25-40-41(57(47(10,11)12)30-56(40)46(7,8)9)26-35(34)52(21)37-28-43-42(27-36(37)51(33,20)53(50,52)22)58(48(13,14)15)31-59(43)49(16,17)18/h23-28H,1-22H3. The van der Waals surface area contributed by atoms with Gasteiger partial charge in [0.05, 0.1) is 34.1 Å². The number of anilines is 6. The van der Waals surface area contributed by atoms with Gasteiger partial charge in [0.15, 0.2) is 0 Å². The zero-order chi connectivity index (χ0) is 43.8. The van der Waals surface area contributed by atoms with E-state index in [0.29, 0.717) is 0 Å². The Bertz CT molecular complexity index is 1920. The molecule has 3 aliphatic heterocycles. The third-order valence-corrected chi connectivity index (χ3v) is 15.6. The van der Waals surface area contributed by atoms with Crippen molar-refractivity contribution in [1.29, 1.82) is 0 Å². The maximum absolute atomic E-state index is 3.90. The summed E-state index contributed by atoms with van der Waals surface area (Å²) in [4.78, 5) is 14.5. The monoisotopic (exact) mass is 793 g/mol. The highest BCUT2D eigenvalue weighted by molar-refractivity contribution is 5.92. The number of hydrogen-bond donors (Lipinski definition) is 0. The largest absolute Gasteiger partial charge is 0.335 e. The highest BCUT2D eigenvalue weighted by Gasteiger charge is 2.80. The number of benzene rings is 3. The molecule has 0 bridgehead atoms. The minimum atomic E-state index is -0.336. The smallest absolute Gasteiger partial charge is 0.209 e. The molecule has 3 aromatic carbocycles. The molecule has 3 aromatic rings. The fourth-order valence-corrected chi connectivity index (χ4v) is 12.5. The van der Waals surface area contributed by atoms with Gasteiger partial charge in [-0.3, -0.25) is 0 Å². The van der Waals surface area contributed by atoms with Crippen LogP contribution in [0, 0.1) is 25.4 Å². The van der Waals surface area contributed by atoms with E-state index in [1.54, 1.807) is 0 Å². The van der Waals surface area contributed by atoms with Gasteiger partial charge in [-0.05, 0) is 194 Å². The van der Waals surface area contributed by atoms with Gasteiger partial charge in [0.2, 0.25) is 20.0 Å². The number of nitrogens with zero attached hydrogens (tertiary/aromatic N) is 6. The van der Waals surface area contributed by atoms with E-state index in [1.165, 1.54) is 67.5 Å². The fraction of sp³-hybridized carbons (Fsp3) is 0.604. The molecule has 0 aromatic heterocycles. The second-order valence-electron chi connectivity index (χ2n) is 25.5. The highest BCUT2D eigenvalue weighted by atomic mass is 15.4. The van der Waals surface area contributed by atoms with Crippen LogP contribution < -0.4 is 29.4 Å². The van der Waals surface area contributed by atoms with Crippen molar-refractivity contribution in [3.8, 4) is 0 Å². The van der Waals surface area contributed by atoms with Crippen LogP contribution in [0.1, 0.15) is 186 Å². The van der Waals surface area contributed by atoms with E-state index in [-0.39, 0.29) is 54.9 Å². The summed E-state index contributed by atoms with van der Waals surface area (Å²) in [6.45, 7) is 63.9. The van der Waals surface area contributed by atoms with E-state index in [0.717, 1.165) is 0 Å². The third-order valence-electron chi connectivity index (χ3n) is 15.6. The fourth-order valence-electron chi connectivity index (χ4n) is 12.5. The summed E-state index contributed by atoms with van der Waals surface area (Å²) in [5, 5.41) is 0. The lowest BCUT2D eigenvalue weighted by molar-refractivity contribution is 0.0997. The van der Waals surface area contributed by atoms with Crippen molar-refractivity contribution >= 4 is 34.1 Å².